The fourth-order valence-corrected chi connectivity index (χ4v) is 3.84. The van der Waals surface area contributed by atoms with Crippen LogP contribution in [0.1, 0.15) is 126 Å². The summed E-state index contributed by atoms with van der Waals surface area (Å²) in [6.07, 6.45) is 29.2. The zero-order valence-corrected chi connectivity index (χ0v) is 23.6. The molecule has 0 aromatic heterocycles. The van der Waals surface area contributed by atoms with E-state index in [1.807, 2.05) is 0 Å². The first-order chi connectivity index (χ1) is 16.3. The summed E-state index contributed by atoms with van der Waals surface area (Å²) in [7, 11) is 0. The van der Waals surface area contributed by atoms with Gasteiger partial charge in [0, 0.05) is 0 Å². The molecule has 0 bridgehead atoms. The predicted molar refractivity (Wildman–Crippen MR) is 153 cm³/mol. The molecule has 1 aliphatic rings. The summed E-state index contributed by atoms with van der Waals surface area (Å²) in [5.41, 5.74) is 8.90. The fraction of sp³-hybridized carbons (Fsp3) is 0.636. The van der Waals surface area contributed by atoms with Gasteiger partial charge >= 0.3 is 0 Å². The molecular weight excluding hydrogens is 412 g/mol. The van der Waals surface area contributed by atoms with Crippen LogP contribution in [0.3, 0.4) is 0 Å². The van der Waals surface area contributed by atoms with Gasteiger partial charge in [0.2, 0.25) is 0 Å². The molecule has 0 saturated heterocycles. The Morgan fingerprint density at radius 2 is 0.853 bits per heavy atom. The molecule has 1 aliphatic carbocycles. The van der Waals surface area contributed by atoms with Gasteiger partial charge in [-0.15, -0.1) is 0 Å². The quantitative estimate of drug-likeness (QED) is 0.144. The van der Waals surface area contributed by atoms with Crippen molar-refractivity contribution in [3.8, 4) is 0 Å². The highest BCUT2D eigenvalue weighted by molar-refractivity contribution is 5.08. The molecule has 0 spiro atoms. The average Bonchev–Trinajstić information content (AvgIpc) is 3.59. The van der Waals surface area contributed by atoms with Crippen molar-refractivity contribution in [3.05, 3.63) is 69.9 Å². The van der Waals surface area contributed by atoms with Gasteiger partial charge in [0.15, 0.2) is 0 Å². The van der Waals surface area contributed by atoms with Gasteiger partial charge in [-0.25, -0.2) is 0 Å². The molecule has 1 heteroatoms. The van der Waals surface area contributed by atoms with Gasteiger partial charge in [0.1, 0.15) is 0 Å². The fourth-order valence-electron chi connectivity index (χ4n) is 3.84. The van der Waals surface area contributed by atoms with E-state index >= 15 is 0 Å². The van der Waals surface area contributed by atoms with Crippen LogP contribution in [0.15, 0.2) is 69.9 Å². The smallest absolute Gasteiger partial charge is 0.0677 e. The Bertz CT molecular complexity index is 745. The second kappa shape index (κ2) is 18.7. The van der Waals surface area contributed by atoms with Gasteiger partial charge in [-0.2, -0.15) is 0 Å². The minimum atomic E-state index is 0.556. The van der Waals surface area contributed by atoms with Crippen LogP contribution in [0.2, 0.25) is 0 Å². The molecule has 0 aromatic rings. The van der Waals surface area contributed by atoms with Crippen LogP contribution in [0.4, 0.5) is 0 Å². The van der Waals surface area contributed by atoms with Gasteiger partial charge in [-0.1, -0.05) is 69.9 Å². The minimum Gasteiger partial charge on any atom is -0.374 e. The first-order valence-corrected chi connectivity index (χ1v) is 13.8. The molecule has 0 N–H and O–H groups in total. The van der Waals surface area contributed by atoms with Gasteiger partial charge in [-0.05, 0) is 126 Å². The number of ether oxygens (including phenoxy) is 1. The first-order valence-electron chi connectivity index (χ1n) is 13.8. The molecular formula is C33H54O. The summed E-state index contributed by atoms with van der Waals surface area (Å²) in [6.45, 7) is 16.5. The molecule has 0 aromatic carbocycles. The molecule has 0 radical (unpaired) electrons. The van der Waals surface area contributed by atoms with E-state index in [2.05, 4.69) is 84.9 Å². The first kappa shape index (κ1) is 30.4. The Kier molecular flexibility index (Phi) is 16.7. The van der Waals surface area contributed by atoms with E-state index in [-0.39, 0.29) is 0 Å². The molecule has 0 aliphatic heterocycles. The van der Waals surface area contributed by atoms with Crippen molar-refractivity contribution in [2.45, 2.75) is 132 Å². The van der Waals surface area contributed by atoms with Crippen LogP contribution in [0.5, 0.6) is 0 Å². The standard InChI is InChI=1S/C33H54O/c1-27(2)14-10-17-30(5)20-11-18-28(3)15-8-9-16-29(4)19-12-21-31(6)22-13-23-32(7)26-34-33-24-25-33/h14-16,20-21,23,33H,8-13,17-19,22,24-26H2,1-7H3/b28-15+,29-16+,30-20+,31-21+,32-23+. The van der Waals surface area contributed by atoms with Gasteiger partial charge in [-0.3, -0.25) is 0 Å². The molecule has 1 nitrogen and oxygen atoms in total. The Morgan fingerprint density at radius 3 is 1.24 bits per heavy atom. The van der Waals surface area contributed by atoms with E-state index in [4.69, 9.17) is 4.74 Å². The van der Waals surface area contributed by atoms with E-state index < -0.39 is 0 Å². The molecule has 192 valence electrons. The van der Waals surface area contributed by atoms with Gasteiger partial charge in [0.25, 0.3) is 0 Å². The molecule has 0 heterocycles. The van der Waals surface area contributed by atoms with E-state index in [1.54, 1.807) is 0 Å². The van der Waals surface area contributed by atoms with Crippen LogP contribution < -0.4 is 0 Å². The molecule has 1 rings (SSSR count). The van der Waals surface area contributed by atoms with Gasteiger partial charge < -0.3 is 4.74 Å². The summed E-state index contributed by atoms with van der Waals surface area (Å²) in [6, 6.07) is 0. The number of allylic oxidation sites excluding steroid dienone is 11. The van der Waals surface area contributed by atoms with Crippen molar-refractivity contribution < 1.29 is 4.74 Å². The number of hydrogen-bond donors (Lipinski definition) is 0. The summed E-state index contributed by atoms with van der Waals surface area (Å²) >= 11 is 0. The molecule has 0 atom stereocenters. The topological polar surface area (TPSA) is 9.23 Å². The van der Waals surface area contributed by atoms with E-state index in [0.717, 1.165) is 38.7 Å². The third kappa shape index (κ3) is 18.8. The van der Waals surface area contributed by atoms with E-state index in [1.165, 1.54) is 78.4 Å². The molecule has 1 fully saturated rings. The van der Waals surface area contributed by atoms with Crippen molar-refractivity contribution in [3.63, 3.8) is 0 Å². The van der Waals surface area contributed by atoms with Crippen molar-refractivity contribution >= 4 is 0 Å². The SMILES string of the molecule is CC(C)=CCC/C(C)=C/CC/C(C)=C/CC/C=C(\C)CC/C=C(\C)CC/C=C(\C)COC1CC1. The van der Waals surface area contributed by atoms with Crippen molar-refractivity contribution in [1.29, 1.82) is 0 Å². The maximum absolute atomic E-state index is 5.76. The molecule has 1 saturated carbocycles. The van der Waals surface area contributed by atoms with Crippen molar-refractivity contribution in [2.75, 3.05) is 6.61 Å². The van der Waals surface area contributed by atoms with E-state index in [0.29, 0.717) is 6.10 Å². The lowest BCUT2D eigenvalue weighted by Gasteiger charge is -2.04. The third-order valence-electron chi connectivity index (χ3n) is 6.41. The Labute approximate surface area is 212 Å². The Hall–Kier alpha value is -1.60. The lowest BCUT2D eigenvalue weighted by atomic mass is 10.0. The van der Waals surface area contributed by atoms with Gasteiger partial charge in [0.05, 0.1) is 12.7 Å². The summed E-state index contributed by atoms with van der Waals surface area (Å²) in [5.74, 6) is 0. The lowest BCUT2D eigenvalue weighted by molar-refractivity contribution is 0.141. The zero-order chi connectivity index (χ0) is 25.2. The highest BCUT2D eigenvalue weighted by atomic mass is 16.5. The largest absolute Gasteiger partial charge is 0.374 e. The maximum atomic E-state index is 5.76. The summed E-state index contributed by atoms with van der Waals surface area (Å²) in [5, 5.41) is 0. The number of unbranched alkanes of at least 4 members (excludes halogenated alkanes) is 1. The Balaban J connectivity index is 2.15. The second-order valence-corrected chi connectivity index (χ2v) is 10.8. The van der Waals surface area contributed by atoms with Crippen molar-refractivity contribution in [2.24, 2.45) is 0 Å². The van der Waals surface area contributed by atoms with Crippen LogP contribution in [-0.4, -0.2) is 12.7 Å². The summed E-state index contributed by atoms with van der Waals surface area (Å²) in [4.78, 5) is 0. The molecule has 0 unspecified atom stereocenters. The third-order valence-corrected chi connectivity index (χ3v) is 6.41. The van der Waals surface area contributed by atoms with Crippen molar-refractivity contribution in [1.82, 2.24) is 0 Å². The maximum Gasteiger partial charge on any atom is 0.0677 e. The monoisotopic (exact) mass is 466 g/mol. The second-order valence-electron chi connectivity index (χ2n) is 10.8. The van der Waals surface area contributed by atoms with E-state index in [9.17, 15) is 0 Å². The molecule has 0 amide bonds. The van der Waals surface area contributed by atoms with Crippen LogP contribution >= 0.6 is 0 Å². The highest BCUT2D eigenvalue weighted by Crippen LogP contribution is 2.24. The highest BCUT2D eigenvalue weighted by Gasteiger charge is 2.21. The normalized spacial score (nSPS) is 16.3. The summed E-state index contributed by atoms with van der Waals surface area (Å²) < 4.78 is 5.76. The number of hydrogen-bond acceptors (Lipinski definition) is 1. The number of rotatable bonds is 18. The van der Waals surface area contributed by atoms with Crippen LogP contribution in [-0.2, 0) is 4.74 Å². The molecule has 34 heavy (non-hydrogen) atoms. The van der Waals surface area contributed by atoms with Crippen LogP contribution in [0, 0.1) is 0 Å². The average molecular weight is 467 g/mol. The van der Waals surface area contributed by atoms with Crippen LogP contribution in [0.25, 0.3) is 0 Å². The Morgan fingerprint density at radius 1 is 0.500 bits per heavy atom. The minimum absolute atomic E-state index is 0.556. The zero-order valence-electron chi connectivity index (χ0n) is 23.6. The lowest BCUT2D eigenvalue weighted by Crippen LogP contribution is -1.97. The predicted octanol–water partition coefficient (Wildman–Crippen LogP) is 10.8.